The lowest BCUT2D eigenvalue weighted by atomic mass is 10.0. The summed E-state index contributed by atoms with van der Waals surface area (Å²) in [5.41, 5.74) is 2.33. The molecule has 0 radical (unpaired) electrons. The van der Waals surface area contributed by atoms with Crippen LogP contribution in [0.15, 0.2) is 54.7 Å². The Labute approximate surface area is 146 Å². The molecule has 25 heavy (non-hydrogen) atoms. The third-order valence-electron chi connectivity index (χ3n) is 4.40. The number of hydrogen-bond acceptors (Lipinski definition) is 3. The molecule has 0 spiro atoms. The van der Waals surface area contributed by atoms with Gasteiger partial charge in [0, 0.05) is 47.6 Å². The van der Waals surface area contributed by atoms with E-state index >= 15 is 0 Å². The van der Waals surface area contributed by atoms with Crippen molar-refractivity contribution in [2.75, 3.05) is 0 Å². The van der Waals surface area contributed by atoms with Gasteiger partial charge in [-0.15, -0.1) is 0 Å². The van der Waals surface area contributed by atoms with Crippen LogP contribution >= 0.6 is 0 Å². The Kier molecular flexibility index (Phi) is 5.29. The van der Waals surface area contributed by atoms with Crippen molar-refractivity contribution in [3.05, 3.63) is 65.9 Å². The smallest absolute Gasteiger partial charge is 0.169 e. The molecule has 0 unspecified atom stereocenters. The second-order valence-electron chi connectivity index (χ2n) is 6.14. The molecule has 0 amide bonds. The van der Waals surface area contributed by atoms with E-state index in [1.54, 1.807) is 18.2 Å². The minimum atomic E-state index is -0.00987. The van der Waals surface area contributed by atoms with E-state index in [0.717, 1.165) is 36.6 Å². The van der Waals surface area contributed by atoms with Gasteiger partial charge in [0.05, 0.1) is 0 Å². The number of fused-ring (bicyclic) bond motifs is 1. The number of aryl methyl sites for hydroxylation is 1. The van der Waals surface area contributed by atoms with Crippen LogP contribution in [0, 0.1) is 0 Å². The van der Waals surface area contributed by atoms with Gasteiger partial charge < -0.3 is 14.5 Å². The van der Waals surface area contributed by atoms with Gasteiger partial charge in [0.1, 0.15) is 12.0 Å². The highest BCUT2D eigenvalue weighted by atomic mass is 16.3. The Balaban J connectivity index is 1.86. The molecule has 4 heteroatoms. The molecule has 128 valence electrons. The van der Waals surface area contributed by atoms with Crippen molar-refractivity contribution in [3.63, 3.8) is 0 Å². The molecule has 0 bridgehead atoms. The zero-order chi connectivity index (χ0) is 17.6. The number of ketones is 1. The first-order valence-corrected chi connectivity index (χ1v) is 8.52. The van der Waals surface area contributed by atoms with Crippen LogP contribution in [0.3, 0.4) is 0 Å². The predicted octanol–water partition coefficient (Wildman–Crippen LogP) is 4.14. The molecule has 3 rings (SSSR count). The van der Waals surface area contributed by atoms with Crippen molar-refractivity contribution < 1.29 is 14.7 Å². The lowest BCUT2D eigenvalue weighted by molar-refractivity contribution is -0.107. The molecule has 4 nitrogen and oxygen atoms in total. The summed E-state index contributed by atoms with van der Waals surface area (Å²) < 4.78 is 2.08. The molecule has 2 aromatic carbocycles. The molecular formula is C21H21NO3. The molecular weight excluding hydrogens is 314 g/mol. The van der Waals surface area contributed by atoms with Crippen LogP contribution in [-0.4, -0.2) is 21.7 Å². The van der Waals surface area contributed by atoms with Crippen molar-refractivity contribution in [2.24, 2.45) is 0 Å². The van der Waals surface area contributed by atoms with Crippen molar-refractivity contribution in [2.45, 2.75) is 32.2 Å². The van der Waals surface area contributed by atoms with E-state index in [-0.39, 0.29) is 18.0 Å². The number of Topliss-reactive ketones (excluding diaryl/α,β-unsaturated/α-hetero) is 1. The first kappa shape index (κ1) is 17.0. The second-order valence-corrected chi connectivity index (χ2v) is 6.14. The quantitative estimate of drug-likeness (QED) is 0.382. The molecule has 0 aliphatic carbocycles. The third-order valence-corrected chi connectivity index (χ3v) is 4.40. The summed E-state index contributed by atoms with van der Waals surface area (Å²) in [5, 5.41) is 10.8. The number of aromatic hydroxyl groups is 1. The number of unbranched alkanes of at least 4 members (excludes halogenated alkanes) is 2. The fourth-order valence-electron chi connectivity index (χ4n) is 3.09. The molecule has 0 saturated heterocycles. The van der Waals surface area contributed by atoms with E-state index in [1.165, 1.54) is 0 Å². The summed E-state index contributed by atoms with van der Waals surface area (Å²) in [6, 6.07) is 14.8. The molecule has 1 N–H and O–H groups in total. The van der Waals surface area contributed by atoms with E-state index in [9.17, 15) is 14.7 Å². The molecule has 3 aromatic rings. The van der Waals surface area contributed by atoms with Crippen LogP contribution in [0.1, 0.15) is 35.2 Å². The van der Waals surface area contributed by atoms with E-state index < -0.39 is 0 Å². The van der Waals surface area contributed by atoms with Crippen LogP contribution in [0.4, 0.5) is 0 Å². The van der Waals surface area contributed by atoms with E-state index in [2.05, 4.69) is 4.57 Å². The predicted molar refractivity (Wildman–Crippen MR) is 98.0 cm³/mol. The first-order valence-electron chi connectivity index (χ1n) is 8.52. The van der Waals surface area contributed by atoms with Gasteiger partial charge in [-0.05, 0) is 25.0 Å². The Morgan fingerprint density at radius 2 is 1.80 bits per heavy atom. The van der Waals surface area contributed by atoms with Gasteiger partial charge in [0.25, 0.3) is 0 Å². The highest BCUT2D eigenvalue weighted by Gasteiger charge is 2.16. The van der Waals surface area contributed by atoms with Crippen molar-refractivity contribution in [1.29, 1.82) is 0 Å². The minimum absolute atomic E-state index is 0.00987. The van der Waals surface area contributed by atoms with Gasteiger partial charge in [-0.3, -0.25) is 4.79 Å². The molecule has 0 saturated carbocycles. The van der Waals surface area contributed by atoms with Gasteiger partial charge in [0.2, 0.25) is 0 Å². The van der Waals surface area contributed by atoms with Crippen LogP contribution < -0.4 is 0 Å². The Bertz CT molecular complexity index is 895. The minimum Gasteiger partial charge on any atom is -0.508 e. The van der Waals surface area contributed by atoms with Crippen molar-refractivity contribution >= 4 is 23.0 Å². The Morgan fingerprint density at radius 1 is 1.04 bits per heavy atom. The highest BCUT2D eigenvalue weighted by molar-refractivity contribution is 6.09. The fraction of sp³-hybridized carbons (Fsp3) is 0.238. The van der Waals surface area contributed by atoms with Gasteiger partial charge >= 0.3 is 0 Å². The fourth-order valence-corrected chi connectivity index (χ4v) is 3.09. The van der Waals surface area contributed by atoms with Crippen LogP contribution in [0.2, 0.25) is 0 Å². The van der Waals surface area contributed by atoms with E-state index in [1.807, 2.05) is 36.5 Å². The highest BCUT2D eigenvalue weighted by Crippen LogP contribution is 2.25. The summed E-state index contributed by atoms with van der Waals surface area (Å²) in [6.45, 7) is 0.776. The maximum atomic E-state index is 12.8. The third kappa shape index (κ3) is 3.79. The summed E-state index contributed by atoms with van der Waals surface area (Å²) in [6.07, 6.45) is 5.31. The number of carbonyl (C=O) groups excluding carboxylic acids is 2. The maximum absolute atomic E-state index is 12.8. The number of hydrogen-bond donors (Lipinski definition) is 1. The standard InChI is InChI=1S/C21H21NO3/c23-13-7-1-6-12-22-15-18(17-9-3-4-10-19(17)22)21(25)14-16-8-2-5-11-20(16)24/h2-5,8-11,13,15,24H,1,6-7,12,14H2. The normalized spacial score (nSPS) is 10.9. The molecule has 0 aliphatic heterocycles. The van der Waals surface area contributed by atoms with Crippen molar-refractivity contribution in [1.82, 2.24) is 4.57 Å². The Hall–Kier alpha value is -2.88. The number of benzene rings is 2. The zero-order valence-electron chi connectivity index (χ0n) is 14.0. The maximum Gasteiger partial charge on any atom is 0.169 e. The summed E-state index contributed by atoms with van der Waals surface area (Å²) >= 11 is 0. The van der Waals surface area contributed by atoms with Gasteiger partial charge in [-0.25, -0.2) is 0 Å². The first-order chi connectivity index (χ1) is 12.2. The van der Waals surface area contributed by atoms with Crippen molar-refractivity contribution in [3.8, 4) is 5.75 Å². The Morgan fingerprint density at radius 3 is 2.60 bits per heavy atom. The topological polar surface area (TPSA) is 59.3 Å². The number of aromatic nitrogens is 1. The number of para-hydroxylation sites is 2. The zero-order valence-corrected chi connectivity index (χ0v) is 14.0. The number of aldehydes is 1. The van der Waals surface area contributed by atoms with Crippen LogP contribution in [0.25, 0.3) is 10.9 Å². The number of phenolic OH excluding ortho intramolecular Hbond substituents is 1. The lowest BCUT2D eigenvalue weighted by Gasteiger charge is -2.03. The van der Waals surface area contributed by atoms with Crippen LogP contribution in [-0.2, 0) is 17.8 Å². The molecule has 1 aromatic heterocycles. The van der Waals surface area contributed by atoms with Gasteiger partial charge in [-0.2, -0.15) is 0 Å². The monoisotopic (exact) mass is 335 g/mol. The van der Waals surface area contributed by atoms with Crippen LogP contribution in [0.5, 0.6) is 5.75 Å². The molecule has 1 heterocycles. The molecule has 0 atom stereocenters. The van der Waals surface area contributed by atoms with Gasteiger partial charge in [0.15, 0.2) is 5.78 Å². The van der Waals surface area contributed by atoms with E-state index in [4.69, 9.17) is 0 Å². The molecule has 0 fully saturated rings. The largest absolute Gasteiger partial charge is 0.508 e. The van der Waals surface area contributed by atoms with E-state index in [0.29, 0.717) is 17.5 Å². The number of rotatable bonds is 8. The number of phenols is 1. The second kappa shape index (κ2) is 7.79. The summed E-state index contributed by atoms with van der Waals surface area (Å²) in [5.74, 6) is 0.137. The average molecular weight is 335 g/mol. The lowest BCUT2D eigenvalue weighted by Crippen LogP contribution is -2.03. The summed E-state index contributed by atoms with van der Waals surface area (Å²) in [4.78, 5) is 23.3. The molecule has 0 aliphatic rings. The number of carbonyl (C=O) groups is 2. The average Bonchev–Trinajstić information content (AvgIpc) is 3.00. The SMILES string of the molecule is O=CCCCCn1cc(C(=O)Cc2ccccc2O)c2ccccc21. The summed E-state index contributed by atoms with van der Waals surface area (Å²) in [7, 11) is 0. The van der Waals surface area contributed by atoms with Gasteiger partial charge in [-0.1, -0.05) is 36.4 Å². The number of nitrogens with zero attached hydrogens (tertiary/aromatic N) is 1.